The minimum atomic E-state index is -0.202. The number of hydrogen-bond acceptors (Lipinski definition) is 3. The molecule has 2 N–H and O–H groups in total. The number of rotatable bonds is 4. The first-order valence-electron chi connectivity index (χ1n) is 7.25. The van der Waals surface area contributed by atoms with Crippen LogP contribution in [0.15, 0.2) is 36.4 Å². The zero-order valence-corrected chi connectivity index (χ0v) is 13.7. The summed E-state index contributed by atoms with van der Waals surface area (Å²) in [5, 5.41) is 5.56. The van der Waals surface area contributed by atoms with Crippen LogP contribution in [-0.4, -0.2) is 18.9 Å². The van der Waals surface area contributed by atoms with Gasteiger partial charge in [0.25, 0.3) is 5.91 Å². The molecule has 5 heteroatoms. The molecule has 0 aromatic heterocycles. The van der Waals surface area contributed by atoms with Gasteiger partial charge in [-0.1, -0.05) is 0 Å². The second-order valence-electron chi connectivity index (χ2n) is 5.28. The fraction of sp³-hybridized carbons (Fsp3) is 0.222. The largest absolute Gasteiger partial charge is 0.496 e. The second-order valence-corrected chi connectivity index (χ2v) is 5.28. The highest BCUT2D eigenvalue weighted by atomic mass is 16.5. The molecule has 0 fully saturated rings. The van der Waals surface area contributed by atoms with Gasteiger partial charge in [-0.2, -0.15) is 0 Å². The van der Waals surface area contributed by atoms with Crippen LogP contribution < -0.4 is 15.4 Å². The Morgan fingerprint density at radius 2 is 1.57 bits per heavy atom. The van der Waals surface area contributed by atoms with Crippen molar-refractivity contribution in [2.45, 2.75) is 20.8 Å². The zero-order chi connectivity index (χ0) is 17.0. The van der Waals surface area contributed by atoms with E-state index >= 15 is 0 Å². The maximum atomic E-state index is 12.3. The predicted octanol–water partition coefficient (Wildman–Crippen LogP) is 3.52. The van der Waals surface area contributed by atoms with Crippen LogP contribution in [0, 0.1) is 13.8 Å². The number of amides is 2. The molecule has 0 saturated heterocycles. The normalized spacial score (nSPS) is 10.1. The number of benzene rings is 2. The molecular weight excluding hydrogens is 292 g/mol. The Morgan fingerprint density at radius 1 is 0.913 bits per heavy atom. The first-order valence-corrected chi connectivity index (χ1v) is 7.25. The van der Waals surface area contributed by atoms with Crippen molar-refractivity contribution in [3.8, 4) is 5.75 Å². The van der Waals surface area contributed by atoms with E-state index in [-0.39, 0.29) is 11.8 Å². The number of carbonyl (C=O) groups is 2. The van der Waals surface area contributed by atoms with E-state index in [4.69, 9.17) is 4.74 Å². The second kappa shape index (κ2) is 6.96. The summed E-state index contributed by atoms with van der Waals surface area (Å²) in [4.78, 5) is 23.3. The molecule has 0 saturated carbocycles. The highest BCUT2D eigenvalue weighted by Crippen LogP contribution is 2.27. The Hall–Kier alpha value is -2.82. The van der Waals surface area contributed by atoms with E-state index in [9.17, 15) is 9.59 Å². The maximum absolute atomic E-state index is 12.3. The third-order valence-electron chi connectivity index (χ3n) is 3.67. The molecule has 0 aliphatic heterocycles. The van der Waals surface area contributed by atoms with Gasteiger partial charge in [-0.05, 0) is 61.4 Å². The highest BCUT2D eigenvalue weighted by molar-refractivity contribution is 6.05. The quantitative estimate of drug-likeness (QED) is 0.907. The molecule has 2 amide bonds. The first-order chi connectivity index (χ1) is 10.9. The summed E-state index contributed by atoms with van der Waals surface area (Å²) in [6, 6.07) is 10.4. The smallest absolute Gasteiger partial charge is 0.255 e. The van der Waals surface area contributed by atoms with Gasteiger partial charge in [-0.25, -0.2) is 0 Å². The van der Waals surface area contributed by atoms with Crippen LogP contribution in [0.4, 0.5) is 11.4 Å². The molecule has 0 aliphatic rings. The van der Waals surface area contributed by atoms with Gasteiger partial charge in [0.1, 0.15) is 5.75 Å². The van der Waals surface area contributed by atoms with Crippen molar-refractivity contribution < 1.29 is 14.3 Å². The van der Waals surface area contributed by atoms with E-state index in [1.165, 1.54) is 6.92 Å². The molecule has 2 rings (SSSR count). The lowest BCUT2D eigenvalue weighted by atomic mass is 10.1. The Bertz CT molecular complexity index is 737. The Kier molecular flexibility index (Phi) is 5.01. The standard InChI is InChI=1S/C18H20N2O3/c1-11-12(2)17(23-4)10-9-16(11)20-18(22)14-5-7-15(8-6-14)19-13(3)21/h5-10H,1-4H3,(H,19,21)(H,20,22). The molecule has 5 nitrogen and oxygen atoms in total. The summed E-state index contributed by atoms with van der Waals surface area (Å²) in [5.74, 6) is 0.443. The first kappa shape index (κ1) is 16.5. The van der Waals surface area contributed by atoms with Crippen molar-refractivity contribution in [1.29, 1.82) is 0 Å². The van der Waals surface area contributed by atoms with Crippen molar-refractivity contribution in [2.24, 2.45) is 0 Å². The molecule has 0 unspecified atom stereocenters. The predicted molar refractivity (Wildman–Crippen MR) is 91.2 cm³/mol. The topological polar surface area (TPSA) is 67.4 Å². The van der Waals surface area contributed by atoms with Crippen molar-refractivity contribution in [1.82, 2.24) is 0 Å². The summed E-state index contributed by atoms with van der Waals surface area (Å²) < 4.78 is 5.27. The molecule has 0 radical (unpaired) electrons. The van der Waals surface area contributed by atoms with Gasteiger partial charge in [0.15, 0.2) is 0 Å². The van der Waals surface area contributed by atoms with Gasteiger partial charge in [-0.3, -0.25) is 9.59 Å². The van der Waals surface area contributed by atoms with Crippen LogP contribution >= 0.6 is 0 Å². The number of methoxy groups -OCH3 is 1. The maximum Gasteiger partial charge on any atom is 0.255 e. The average Bonchev–Trinajstić information content (AvgIpc) is 2.52. The van der Waals surface area contributed by atoms with Crippen LogP contribution in [0.3, 0.4) is 0 Å². The number of ether oxygens (including phenoxy) is 1. The Balaban J connectivity index is 2.16. The fourth-order valence-corrected chi connectivity index (χ4v) is 2.26. The van der Waals surface area contributed by atoms with Gasteiger partial charge in [0.2, 0.25) is 5.91 Å². The fourth-order valence-electron chi connectivity index (χ4n) is 2.26. The molecular formula is C18H20N2O3. The number of hydrogen-bond donors (Lipinski definition) is 2. The Morgan fingerprint density at radius 3 is 2.13 bits per heavy atom. The van der Waals surface area contributed by atoms with Crippen molar-refractivity contribution >= 4 is 23.2 Å². The molecule has 0 spiro atoms. The van der Waals surface area contributed by atoms with Crippen LogP contribution in [0.1, 0.15) is 28.4 Å². The van der Waals surface area contributed by atoms with E-state index in [1.807, 2.05) is 26.0 Å². The summed E-state index contributed by atoms with van der Waals surface area (Å²) in [5.41, 5.74) is 3.88. The summed E-state index contributed by atoms with van der Waals surface area (Å²) in [7, 11) is 1.62. The van der Waals surface area contributed by atoms with Crippen LogP contribution in [-0.2, 0) is 4.79 Å². The van der Waals surface area contributed by atoms with Gasteiger partial charge < -0.3 is 15.4 Å². The van der Waals surface area contributed by atoms with Gasteiger partial charge in [-0.15, -0.1) is 0 Å². The summed E-state index contributed by atoms with van der Waals surface area (Å²) in [6.07, 6.45) is 0. The lowest BCUT2D eigenvalue weighted by Crippen LogP contribution is -2.13. The van der Waals surface area contributed by atoms with E-state index < -0.39 is 0 Å². The van der Waals surface area contributed by atoms with Crippen LogP contribution in [0.25, 0.3) is 0 Å². The summed E-state index contributed by atoms with van der Waals surface area (Å²) in [6.45, 7) is 5.33. The van der Waals surface area contributed by atoms with Gasteiger partial charge >= 0.3 is 0 Å². The molecule has 23 heavy (non-hydrogen) atoms. The van der Waals surface area contributed by atoms with Crippen molar-refractivity contribution in [3.63, 3.8) is 0 Å². The molecule has 2 aromatic rings. The number of anilines is 2. The highest BCUT2D eigenvalue weighted by Gasteiger charge is 2.11. The third kappa shape index (κ3) is 3.88. The molecule has 2 aromatic carbocycles. The van der Waals surface area contributed by atoms with Crippen molar-refractivity contribution in [2.75, 3.05) is 17.7 Å². The zero-order valence-electron chi connectivity index (χ0n) is 13.7. The molecule has 0 atom stereocenters. The van der Waals surface area contributed by atoms with E-state index in [1.54, 1.807) is 31.4 Å². The SMILES string of the molecule is COc1ccc(NC(=O)c2ccc(NC(C)=O)cc2)c(C)c1C. The summed E-state index contributed by atoms with van der Waals surface area (Å²) >= 11 is 0. The van der Waals surface area contributed by atoms with E-state index in [2.05, 4.69) is 10.6 Å². The average molecular weight is 312 g/mol. The van der Waals surface area contributed by atoms with Gasteiger partial charge in [0.05, 0.1) is 7.11 Å². The van der Waals surface area contributed by atoms with E-state index in [0.717, 1.165) is 22.6 Å². The monoisotopic (exact) mass is 312 g/mol. The van der Waals surface area contributed by atoms with Gasteiger partial charge in [0, 0.05) is 23.9 Å². The lowest BCUT2D eigenvalue weighted by Gasteiger charge is -2.13. The Labute approximate surface area is 135 Å². The minimum absolute atomic E-state index is 0.147. The van der Waals surface area contributed by atoms with Crippen LogP contribution in [0.2, 0.25) is 0 Å². The number of nitrogens with one attached hydrogen (secondary N) is 2. The third-order valence-corrected chi connectivity index (χ3v) is 3.67. The molecule has 120 valence electrons. The molecule has 0 heterocycles. The lowest BCUT2D eigenvalue weighted by molar-refractivity contribution is -0.114. The molecule has 0 bridgehead atoms. The van der Waals surface area contributed by atoms with Crippen LogP contribution in [0.5, 0.6) is 5.75 Å². The van der Waals surface area contributed by atoms with E-state index in [0.29, 0.717) is 11.3 Å². The molecule has 0 aliphatic carbocycles. The number of carbonyl (C=O) groups excluding carboxylic acids is 2. The minimum Gasteiger partial charge on any atom is -0.496 e. The van der Waals surface area contributed by atoms with Crippen molar-refractivity contribution in [3.05, 3.63) is 53.1 Å².